The van der Waals surface area contributed by atoms with E-state index in [0.29, 0.717) is 30.6 Å². The number of carbonyl (C=O) groups is 3. The Morgan fingerprint density at radius 2 is 1.74 bits per heavy atom. The first-order valence-corrected chi connectivity index (χ1v) is 12.9. The molecule has 8 nitrogen and oxygen atoms in total. The third-order valence-electron chi connectivity index (χ3n) is 7.38. The number of carbonyl (C=O) groups excluding carboxylic acids is 3. The second-order valence-electron chi connectivity index (χ2n) is 10.8. The van der Waals surface area contributed by atoms with Crippen LogP contribution in [0.25, 0.3) is 0 Å². The highest BCUT2D eigenvalue weighted by Crippen LogP contribution is 2.39. The van der Waals surface area contributed by atoms with E-state index in [1.807, 2.05) is 6.07 Å². The Bertz CT molecular complexity index is 1250. The molecule has 39 heavy (non-hydrogen) atoms. The maximum Gasteiger partial charge on any atom is 0.302 e. The normalized spacial score (nSPS) is 20.5. The molecule has 2 aromatic rings. The Balaban J connectivity index is 1.62. The predicted octanol–water partition coefficient (Wildman–Crippen LogP) is 4.30. The zero-order valence-electron chi connectivity index (χ0n) is 22.8. The maximum atomic E-state index is 15.1. The van der Waals surface area contributed by atoms with E-state index in [2.05, 4.69) is 5.32 Å². The average Bonchev–Trinajstić information content (AvgIpc) is 2.83. The van der Waals surface area contributed by atoms with Crippen LogP contribution in [-0.2, 0) is 35.7 Å². The van der Waals surface area contributed by atoms with Crippen LogP contribution in [0.1, 0.15) is 56.3 Å². The Hall–Kier alpha value is -3.53. The van der Waals surface area contributed by atoms with Crippen molar-refractivity contribution in [3.63, 3.8) is 0 Å². The minimum atomic E-state index is -1.02. The van der Waals surface area contributed by atoms with Crippen LogP contribution in [0.4, 0.5) is 14.5 Å². The van der Waals surface area contributed by atoms with Crippen LogP contribution in [0.15, 0.2) is 30.3 Å². The summed E-state index contributed by atoms with van der Waals surface area (Å²) < 4.78 is 45.8. The van der Waals surface area contributed by atoms with E-state index in [9.17, 15) is 14.4 Å². The van der Waals surface area contributed by atoms with Crippen LogP contribution in [-0.4, -0.2) is 56.2 Å². The number of amides is 2. The summed E-state index contributed by atoms with van der Waals surface area (Å²) in [5, 5.41) is 2.62. The van der Waals surface area contributed by atoms with E-state index in [1.54, 1.807) is 33.1 Å². The van der Waals surface area contributed by atoms with Crippen molar-refractivity contribution in [2.24, 2.45) is 5.92 Å². The van der Waals surface area contributed by atoms with Gasteiger partial charge in [-0.25, -0.2) is 8.78 Å². The Morgan fingerprint density at radius 3 is 2.33 bits per heavy atom. The van der Waals surface area contributed by atoms with Crippen LogP contribution >= 0.6 is 0 Å². The van der Waals surface area contributed by atoms with Gasteiger partial charge in [-0.1, -0.05) is 19.9 Å². The molecule has 0 saturated heterocycles. The molecule has 0 unspecified atom stereocenters. The van der Waals surface area contributed by atoms with E-state index in [1.165, 1.54) is 18.9 Å². The molecule has 1 heterocycles. The molecule has 1 N–H and O–H groups in total. The average molecular weight is 545 g/mol. The van der Waals surface area contributed by atoms with Crippen molar-refractivity contribution in [1.82, 2.24) is 4.90 Å². The van der Waals surface area contributed by atoms with Gasteiger partial charge in [-0.3, -0.25) is 14.4 Å². The Morgan fingerprint density at radius 1 is 1.08 bits per heavy atom. The molecule has 0 spiro atoms. The van der Waals surface area contributed by atoms with E-state index in [4.69, 9.17) is 14.2 Å². The first-order chi connectivity index (χ1) is 18.4. The lowest BCUT2D eigenvalue weighted by Gasteiger charge is -2.42. The summed E-state index contributed by atoms with van der Waals surface area (Å²) in [6.07, 6.45) is 0.952. The smallest absolute Gasteiger partial charge is 0.302 e. The molecule has 1 aliphatic heterocycles. The largest absolute Gasteiger partial charge is 0.497 e. The van der Waals surface area contributed by atoms with Gasteiger partial charge in [-0.05, 0) is 54.7 Å². The van der Waals surface area contributed by atoms with Gasteiger partial charge >= 0.3 is 5.97 Å². The van der Waals surface area contributed by atoms with Crippen molar-refractivity contribution in [3.05, 3.63) is 58.7 Å². The van der Waals surface area contributed by atoms with Crippen LogP contribution < -0.4 is 10.1 Å². The third-order valence-corrected chi connectivity index (χ3v) is 7.38. The highest BCUT2D eigenvalue weighted by molar-refractivity contribution is 5.99. The van der Waals surface area contributed by atoms with Crippen LogP contribution in [0.5, 0.6) is 5.75 Å². The number of rotatable bonds is 8. The summed E-state index contributed by atoms with van der Waals surface area (Å²) >= 11 is 0. The van der Waals surface area contributed by atoms with Crippen molar-refractivity contribution in [2.75, 3.05) is 32.7 Å². The Labute approximate surface area is 226 Å². The summed E-state index contributed by atoms with van der Waals surface area (Å²) in [4.78, 5) is 39.9. The molecule has 2 aliphatic rings. The van der Waals surface area contributed by atoms with Gasteiger partial charge in [0.15, 0.2) is 0 Å². The second-order valence-corrected chi connectivity index (χ2v) is 10.8. The summed E-state index contributed by atoms with van der Waals surface area (Å²) in [5.41, 5.74) is 0.338. The minimum absolute atomic E-state index is 0.0569. The molecule has 4 rings (SSSR count). The lowest BCUT2D eigenvalue weighted by Crippen LogP contribution is -2.51. The van der Waals surface area contributed by atoms with Gasteiger partial charge in [0.05, 0.1) is 13.7 Å². The van der Waals surface area contributed by atoms with E-state index < -0.39 is 35.0 Å². The Kier molecular flexibility index (Phi) is 8.25. The summed E-state index contributed by atoms with van der Waals surface area (Å²) in [6.45, 7) is 5.03. The number of hydrogen-bond acceptors (Lipinski definition) is 6. The molecule has 2 aromatic carbocycles. The van der Waals surface area contributed by atoms with Gasteiger partial charge in [-0.15, -0.1) is 0 Å². The zero-order valence-corrected chi connectivity index (χ0v) is 22.8. The lowest BCUT2D eigenvalue weighted by atomic mass is 9.80. The molecule has 1 atom stereocenters. The van der Waals surface area contributed by atoms with Gasteiger partial charge in [0.2, 0.25) is 5.91 Å². The van der Waals surface area contributed by atoms with Crippen molar-refractivity contribution < 1.29 is 37.4 Å². The first-order valence-electron chi connectivity index (χ1n) is 12.9. The molecule has 10 heteroatoms. The number of hydrogen-bond donors (Lipinski definition) is 1. The summed E-state index contributed by atoms with van der Waals surface area (Å²) in [5.74, 6) is -2.60. The predicted molar refractivity (Wildman–Crippen MR) is 139 cm³/mol. The number of nitrogens with one attached hydrogen (secondary N) is 1. The van der Waals surface area contributed by atoms with Crippen molar-refractivity contribution >= 4 is 23.5 Å². The van der Waals surface area contributed by atoms with Crippen molar-refractivity contribution in [2.45, 2.75) is 57.6 Å². The molecule has 1 aliphatic carbocycles. The molecule has 1 fully saturated rings. The number of fused-ring (bicyclic) bond motifs is 1. The zero-order chi connectivity index (χ0) is 28.5. The minimum Gasteiger partial charge on any atom is -0.497 e. The molecular weight excluding hydrogens is 510 g/mol. The van der Waals surface area contributed by atoms with E-state index in [-0.39, 0.29) is 42.3 Å². The molecular formula is C29H34F2N2O6. The third kappa shape index (κ3) is 5.90. The van der Waals surface area contributed by atoms with Gasteiger partial charge in [0.25, 0.3) is 5.91 Å². The molecule has 0 aromatic heterocycles. The standard InChI is InChI=1S/C29H34F2N2O6/c1-16(34)39-21-11-18(12-21)28(36)33-9-8-17-10-20(38-5)6-7-22(17)26(33)27(35)32-19-13-23(30)25(24(31)14-19)29(2,3)15-37-4/h6-7,10,13-14,18,21,26H,8-9,11-12,15H2,1-5H3,(H,32,35)/t18?,21?,26-/m1/s1. The number of methoxy groups -OCH3 is 2. The molecule has 0 bridgehead atoms. The first kappa shape index (κ1) is 28.5. The highest BCUT2D eigenvalue weighted by Gasteiger charge is 2.44. The monoisotopic (exact) mass is 544 g/mol. The van der Waals surface area contributed by atoms with E-state index in [0.717, 1.165) is 17.7 Å². The van der Waals surface area contributed by atoms with E-state index >= 15 is 8.78 Å². The molecule has 0 radical (unpaired) electrons. The number of ether oxygens (including phenoxy) is 3. The fourth-order valence-corrected chi connectivity index (χ4v) is 5.52. The summed E-state index contributed by atoms with van der Waals surface area (Å²) in [7, 11) is 3.00. The number of benzene rings is 2. The van der Waals surface area contributed by atoms with Crippen LogP contribution in [0.2, 0.25) is 0 Å². The summed E-state index contributed by atoms with van der Waals surface area (Å²) in [6, 6.07) is 6.40. The number of halogens is 2. The van der Waals surface area contributed by atoms with Crippen molar-refractivity contribution in [1.29, 1.82) is 0 Å². The second kappa shape index (κ2) is 11.3. The molecule has 1 saturated carbocycles. The number of esters is 1. The number of anilines is 1. The van der Waals surface area contributed by atoms with Gasteiger partial charge in [-0.2, -0.15) is 0 Å². The maximum absolute atomic E-state index is 15.1. The highest BCUT2D eigenvalue weighted by atomic mass is 19.1. The topological polar surface area (TPSA) is 94.2 Å². The quantitative estimate of drug-likeness (QED) is 0.498. The van der Waals surface area contributed by atoms with Gasteiger partial charge in [0.1, 0.15) is 29.5 Å². The van der Waals surface area contributed by atoms with Gasteiger partial charge < -0.3 is 24.4 Å². The fraction of sp³-hybridized carbons (Fsp3) is 0.483. The lowest BCUT2D eigenvalue weighted by molar-refractivity contribution is -0.161. The van der Waals surface area contributed by atoms with Crippen molar-refractivity contribution in [3.8, 4) is 5.75 Å². The van der Waals surface area contributed by atoms with Gasteiger partial charge in [0, 0.05) is 43.2 Å². The number of nitrogens with zero attached hydrogens (tertiary/aromatic N) is 1. The van der Waals surface area contributed by atoms with Crippen LogP contribution in [0.3, 0.4) is 0 Å². The van der Waals surface area contributed by atoms with Crippen LogP contribution in [0, 0.1) is 17.6 Å². The fourth-order valence-electron chi connectivity index (χ4n) is 5.52. The molecule has 210 valence electrons. The molecule has 2 amide bonds. The SMILES string of the molecule is COCC(C)(C)c1c(F)cc(NC(=O)[C@H]2c3ccc(OC)cc3CCN2C(=O)C2CC(OC(C)=O)C2)cc1F.